The summed E-state index contributed by atoms with van der Waals surface area (Å²) in [7, 11) is 2.69. The zero-order valence-corrected chi connectivity index (χ0v) is 20.4. The van der Waals surface area contributed by atoms with Gasteiger partial charge in [0.1, 0.15) is 10.7 Å². The summed E-state index contributed by atoms with van der Waals surface area (Å²) in [4.78, 5) is 22.0. The SMILES string of the molecule is COc1cccc(C(=O)Nc2ccccc2C2=CC(Cl)(C(=S)NC(N)=O)C(O)(OC)C(Cl)=C2)c1. The molecule has 0 heterocycles. The fourth-order valence-electron chi connectivity index (χ4n) is 3.39. The third-order valence-corrected chi connectivity index (χ3v) is 6.59. The van der Waals surface area contributed by atoms with Crippen molar-refractivity contribution < 1.29 is 24.2 Å². The molecule has 5 N–H and O–H groups in total. The van der Waals surface area contributed by atoms with Gasteiger partial charge in [-0.2, -0.15) is 0 Å². The van der Waals surface area contributed by atoms with E-state index in [0.717, 1.165) is 0 Å². The number of nitrogens with one attached hydrogen (secondary N) is 2. The van der Waals surface area contributed by atoms with Crippen molar-refractivity contribution in [1.29, 1.82) is 0 Å². The summed E-state index contributed by atoms with van der Waals surface area (Å²) in [6.45, 7) is 0. The maximum absolute atomic E-state index is 12.9. The Labute approximate surface area is 211 Å². The third kappa shape index (κ3) is 4.79. The summed E-state index contributed by atoms with van der Waals surface area (Å²) < 4.78 is 10.4. The molecular formula is C23H21Cl2N3O5S. The lowest BCUT2D eigenvalue weighted by atomic mass is 9.85. The lowest BCUT2D eigenvalue weighted by molar-refractivity contribution is -0.154. The van der Waals surface area contributed by atoms with Crippen molar-refractivity contribution >= 4 is 63.6 Å². The van der Waals surface area contributed by atoms with Gasteiger partial charge >= 0.3 is 6.03 Å². The van der Waals surface area contributed by atoms with Gasteiger partial charge in [-0.1, -0.05) is 48.1 Å². The lowest BCUT2D eigenvalue weighted by Gasteiger charge is -2.42. The second kappa shape index (κ2) is 10.1. The highest BCUT2D eigenvalue weighted by Gasteiger charge is 2.56. The number of carbonyl (C=O) groups is 2. The average molecular weight is 522 g/mol. The van der Waals surface area contributed by atoms with E-state index >= 15 is 0 Å². The lowest BCUT2D eigenvalue weighted by Crippen LogP contribution is -2.61. The van der Waals surface area contributed by atoms with Crippen LogP contribution < -0.4 is 21.1 Å². The van der Waals surface area contributed by atoms with E-state index in [1.807, 2.05) is 0 Å². The first-order valence-corrected chi connectivity index (χ1v) is 10.9. The number of methoxy groups -OCH3 is 2. The fourth-order valence-corrected chi connectivity index (χ4v) is 4.42. The van der Waals surface area contributed by atoms with Gasteiger partial charge < -0.3 is 30.9 Å². The molecule has 2 atom stereocenters. The second-order valence-corrected chi connectivity index (χ2v) is 8.61. The van der Waals surface area contributed by atoms with E-state index in [9.17, 15) is 14.7 Å². The Balaban J connectivity index is 2.06. The summed E-state index contributed by atoms with van der Waals surface area (Å²) in [5.41, 5.74) is 6.91. The quantitative estimate of drug-likeness (QED) is 0.260. The summed E-state index contributed by atoms with van der Waals surface area (Å²) >= 11 is 18.3. The van der Waals surface area contributed by atoms with E-state index in [1.165, 1.54) is 26.4 Å². The molecule has 3 rings (SSSR count). The van der Waals surface area contributed by atoms with E-state index in [0.29, 0.717) is 28.1 Å². The Morgan fingerprint density at radius 1 is 1.15 bits per heavy atom. The van der Waals surface area contributed by atoms with E-state index in [1.54, 1.807) is 48.5 Å². The number of primary amides is 1. The van der Waals surface area contributed by atoms with Crippen LogP contribution in [0.15, 0.2) is 65.7 Å². The van der Waals surface area contributed by atoms with E-state index in [-0.39, 0.29) is 15.9 Å². The minimum atomic E-state index is -2.29. The van der Waals surface area contributed by atoms with Crippen molar-refractivity contribution in [2.45, 2.75) is 10.7 Å². The molecule has 34 heavy (non-hydrogen) atoms. The number of benzene rings is 2. The first kappa shape index (κ1) is 25.7. The summed E-state index contributed by atoms with van der Waals surface area (Å²) in [5.74, 6) is -2.14. The molecule has 0 aromatic heterocycles. The van der Waals surface area contributed by atoms with Gasteiger partial charge in [0.2, 0.25) is 5.79 Å². The maximum atomic E-state index is 12.9. The monoisotopic (exact) mass is 521 g/mol. The standard InChI is InChI=1S/C23H21Cl2N3O5S/c1-32-15-7-5-6-13(10-15)19(29)27-17-9-4-3-8-16(17)14-11-18(24)23(31,33-2)22(25,12-14)20(34)28-21(26)30/h3-12,31H,1-2H3,(H,27,29)(H3,26,28,30,34). The molecule has 0 aliphatic heterocycles. The first-order chi connectivity index (χ1) is 16.1. The largest absolute Gasteiger partial charge is 0.497 e. The molecule has 2 unspecified atom stereocenters. The van der Waals surface area contributed by atoms with E-state index in [4.69, 9.17) is 50.6 Å². The molecule has 0 saturated heterocycles. The number of ether oxygens (including phenoxy) is 2. The molecule has 2 aromatic carbocycles. The highest BCUT2D eigenvalue weighted by molar-refractivity contribution is 7.80. The Morgan fingerprint density at radius 2 is 1.85 bits per heavy atom. The van der Waals surface area contributed by atoms with Crippen LogP contribution in [0.3, 0.4) is 0 Å². The molecule has 0 radical (unpaired) electrons. The Kier molecular flexibility index (Phi) is 7.64. The molecule has 1 aliphatic carbocycles. The number of alkyl halides is 1. The van der Waals surface area contributed by atoms with Crippen molar-refractivity contribution in [3.8, 4) is 5.75 Å². The van der Waals surface area contributed by atoms with Crippen LogP contribution in [0.5, 0.6) is 5.75 Å². The Hall–Kier alpha value is -2.95. The number of allylic oxidation sites excluding steroid dienone is 2. The number of aliphatic hydroxyl groups is 1. The summed E-state index contributed by atoms with van der Waals surface area (Å²) in [6, 6.07) is 12.6. The van der Waals surface area contributed by atoms with Gasteiger partial charge in [-0.15, -0.1) is 11.6 Å². The number of thiocarbonyl (C=S) groups is 1. The predicted octanol–water partition coefficient (Wildman–Crippen LogP) is 3.78. The molecule has 0 saturated carbocycles. The number of hydrogen-bond acceptors (Lipinski definition) is 6. The number of hydrogen-bond donors (Lipinski definition) is 4. The zero-order valence-electron chi connectivity index (χ0n) is 18.1. The van der Waals surface area contributed by atoms with Crippen molar-refractivity contribution in [3.05, 3.63) is 76.8 Å². The summed E-state index contributed by atoms with van der Waals surface area (Å²) in [5, 5.41) is 15.9. The molecule has 0 spiro atoms. The highest BCUT2D eigenvalue weighted by Crippen LogP contribution is 2.47. The Bertz CT molecular complexity index is 1220. The number of anilines is 1. The second-order valence-electron chi connectivity index (χ2n) is 7.20. The third-order valence-electron chi connectivity index (χ3n) is 5.13. The van der Waals surface area contributed by atoms with Crippen molar-refractivity contribution in [3.63, 3.8) is 0 Å². The molecule has 11 heteroatoms. The molecule has 0 fully saturated rings. The van der Waals surface area contributed by atoms with Crippen LogP contribution in [0.2, 0.25) is 0 Å². The van der Waals surface area contributed by atoms with Crippen molar-refractivity contribution in [2.75, 3.05) is 19.5 Å². The zero-order chi connectivity index (χ0) is 25.1. The normalized spacial score (nSPS) is 21.7. The minimum Gasteiger partial charge on any atom is -0.497 e. The number of halogens is 2. The minimum absolute atomic E-state index is 0.204. The van der Waals surface area contributed by atoms with Gasteiger partial charge in [0.15, 0.2) is 4.87 Å². The van der Waals surface area contributed by atoms with Gasteiger partial charge in [0, 0.05) is 23.9 Å². The molecule has 0 bridgehead atoms. The molecule has 8 nitrogen and oxygen atoms in total. The van der Waals surface area contributed by atoms with Crippen LogP contribution in [-0.4, -0.2) is 46.9 Å². The highest BCUT2D eigenvalue weighted by atomic mass is 35.5. The van der Waals surface area contributed by atoms with E-state index in [2.05, 4.69) is 10.6 Å². The number of rotatable bonds is 6. The molecule has 3 amide bonds. The van der Waals surface area contributed by atoms with Gasteiger partial charge in [-0.25, -0.2) is 4.79 Å². The number of para-hydroxylation sites is 1. The molecule has 178 valence electrons. The number of urea groups is 1. The smallest absolute Gasteiger partial charge is 0.317 e. The first-order valence-electron chi connectivity index (χ1n) is 9.78. The molecular weight excluding hydrogens is 501 g/mol. The van der Waals surface area contributed by atoms with Crippen LogP contribution in [0.25, 0.3) is 5.57 Å². The van der Waals surface area contributed by atoms with Crippen molar-refractivity contribution in [1.82, 2.24) is 5.32 Å². The van der Waals surface area contributed by atoms with Crippen molar-refractivity contribution in [2.24, 2.45) is 5.73 Å². The fraction of sp³-hybridized carbons (Fsp3) is 0.174. The predicted molar refractivity (Wildman–Crippen MR) is 135 cm³/mol. The number of nitrogens with two attached hydrogens (primary N) is 1. The van der Waals surface area contributed by atoms with Gasteiger partial charge in [0.05, 0.1) is 12.1 Å². The Morgan fingerprint density at radius 3 is 2.50 bits per heavy atom. The number of amides is 3. The average Bonchev–Trinajstić information content (AvgIpc) is 2.82. The molecule has 1 aliphatic rings. The van der Waals surface area contributed by atoms with Gasteiger partial charge in [0.25, 0.3) is 5.91 Å². The van der Waals surface area contributed by atoms with Crippen LogP contribution in [0, 0.1) is 0 Å². The van der Waals surface area contributed by atoms with Crippen LogP contribution in [0.4, 0.5) is 10.5 Å². The van der Waals surface area contributed by atoms with Crippen LogP contribution >= 0.6 is 35.4 Å². The molecule has 2 aromatic rings. The topological polar surface area (TPSA) is 123 Å². The number of carbonyl (C=O) groups excluding carboxylic acids is 2. The summed E-state index contributed by atoms with van der Waals surface area (Å²) in [6.07, 6.45) is 2.80. The van der Waals surface area contributed by atoms with Crippen LogP contribution in [0.1, 0.15) is 15.9 Å². The van der Waals surface area contributed by atoms with Gasteiger partial charge in [-0.05, 0) is 42.0 Å². The maximum Gasteiger partial charge on any atom is 0.317 e. The van der Waals surface area contributed by atoms with Crippen LogP contribution in [-0.2, 0) is 4.74 Å². The van der Waals surface area contributed by atoms with E-state index < -0.39 is 16.7 Å². The van der Waals surface area contributed by atoms with Gasteiger partial charge in [-0.3, -0.25) is 4.79 Å².